The number of nitrogens with zero attached hydrogens (tertiary/aromatic N) is 1. The molecule has 0 bridgehead atoms. The molecule has 0 aliphatic carbocycles. The maximum absolute atomic E-state index is 10.6. The van der Waals surface area contributed by atoms with Crippen LogP contribution in [0.25, 0.3) is 0 Å². The maximum Gasteiger partial charge on any atom is 0.272 e. The summed E-state index contributed by atoms with van der Waals surface area (Å²) in [6.07, 6.45) is 1.55. The lowest BCUT2D eigenvalue weighted by Gasteiger charge is -2.06. The minimum atomic E-state index is -0.408. The molecule has 0 radical (unpaired) electrons. The zero-order valence-corrected chi connectivity index (χ0v) is 9.16. The van der Waals surface area contributed by atoms with Gasteiger partial charge in [-0.05, 0) is 12.5 Å². The van der Waals surface area contributed by atoms with E-state index in [0.717, 1.165) is 0 Å². The van der Waals surface area contributed by atoms with E-state index in [2.05, 4.69) is 6.58 Å². The summed E-state index contributed by atoms with van der Waals surface area (Å²) < 4.78 is 0. The molecule has 1 aromatic rings. The van der Waals surface area contributed by atoms with E-state index in [9.17, 15) is 10.1 Å². The zero-order chi connectivity index (χ0) is 10.7. The molecule has 0 saturated heterocycles. The Kier molecular flexibility index (Phi) is 4.97. The fraction of sp³-hybridized carbons (Fsp3) is 0.200. The van der Waals surface area contributed by atoms with Gasteiger partial charge in [0.2, 0.25) is 0 Å². The van der Waals surface area contributed by atoms with Crippen LogP contribution in [0, 0.1) is 17.0 Å². The molecule has 0 aliphatic rings. The Morgan fingerprint density at radius 2 is 2.20 bits per heavy atom. The van der Waals surface area contributed by atoms with E-state index >= 15 is 0 Å². The number of aryl methyl sites for hydroxylation is 1. The third-order valence-electron chi connectivity index (χ3n) is 2.07. The molecular formula is C10H13ClN2O2. The van der Waals surface area contributed by atoms with Crippen molar-refractivity contribution < 1.29 is 4.92 Å². The van der Waals surface area contributed by atoms with Gasteiger partial charge in [-0.15, -0.1) is 19.0 Å². The lowest BCUT2D eigenvalue weighted by Crippen LogP contribution is -2.07. The van der Waals surface area contributed by atoms with Crippen LogP contribution in [0.15, 0.2) is 30.9 Å². The summed E-state index contributed by atoms with van der Waals surface area (Å²) in [6.45, 7) is 5.23. The van der Waals surface area contributed by atoms with Gasteiger partial charge >= 0.3 is 0 Å². The van der Waals surface area contributed by atoms with Gasteiger partial charge in [0.1, 0.15) is 0 Å². The standard InChI is InChI=1S/C10H12N2O2.ClH/c1-3-9(11)8-5-4-7(2)10(6-8)12(13)14;/h3-6,9H,1,11H2,2H3;1H/t9-;/m1./s1. The zero-order valence-electron chi connectivity index (χ0n) is 8.34. The van der Waals surface area contributed by atoms with Gasteiger partial charge in [-0.25, -0.2) is 0 Å². The monoisotopic (exact) mass is 228 g/mol. The first-order chi connectivity index (χ1) is 6.56. The Balaban J connectivity index is 0.00000196. The summed E-state index contributed by atoms with van der Waals surface area (Å²) in [4.78, 5) is 10.2. The average Bonchev–Trinajstić information content (AvgIpc) is 2.17. The number of halogens is 1. The number of rotatable bonds is 3. The van der Waals surface area contributed by atoms with Crippen molar-refractivity contribution in [3.63, 3.8) is 0 Å². The van der Waals surface area contributed by atoms with E-state index in [4.69, 9.17) is 5.73 Å². The molecule has 82 valence electrons. The fourth-order valence-corrected chi connectivity index (χ4v) is 1.17. The Morgan fingerprint density at radius 3 is 2.67 bits per heavy atom. The van der Waals surface area contributed by atoms with E-state index < -0.39 is 4.92 Å². The van der Waals surface area contributed by atoms with Crippen molar-refractivity contribution in [2.75, 3.05) is 0 Å². The minimum absolute atomic E-state index is 0. The molecule has 5 heteroatoms. The Hall–Kier alpha value is -1.39. The number of hydrogen-bond acceptors (Lipinski definition) is 3. The van der Waals surface area contributed by atoms with Crippen LogP contribution in [0.2, 0.25) is 0 Å². The largest absolute Gasteiger partial charge is 0.321 e. The highest BCUT2D eigenvalue weighted by Gasteiger charge is 2.12. The molecule has 1 atom stereocenters. The molecule has 0 fully saturated rings. The van der Waals surface area contributed by atoms with Crippen LogP contribution >= 0.6 is 12.4 Å². The van der Waals surface area contributed by atoms with E-state index in [1.807, 2.05) is 0 Å². The highest BCUT2D eigenvalue weighted by atomic mass is 35.5. The second kappa shape index (κ2) is 5.48. The van der Waals surface area contributed by atoms with Gasteiger partial charge in [0.15, 0.2) is 0 Å². The fourth-order valence-electron chi connectivity index (χ4n) is 1.17. The Labute approximate surface area is 94.3 Å². The molecule has 0 amide bonds. The lowest BCUT2D eigenvalue weighted by atomic mass is 10.0. The van der Waals surface area contributed by atoms with E-state index in [0.29, 0.717) is 11.1 Å². The normalized spacial score (nSPS) is 11.3. The van der Waals surface area contributed by atoms with Gasteiger partial charge in [-0.1, -0.05) is 18.2 Å². The van der Waals surface area contributed by atoms with Gasteiger partial charge in [0.25, 0.3) is 5.69 Å². The molecule has 1 rings (SSSR count). The predicted octanol–water partition coefficient (Wildman–Crippen LogP) is 2.51. The molecule has 0 saturated carbocycles. The van der Waals surface area contributed by atoms with Crippen LogP contribution in [0.1, 0.15) is 17.2 Å². The second-order valence-corrected chi connectivity index (χ2v) is 3.06. The summed E-state index contributed by atoms with van der Waals surface area (Å²) in [7, 11) is 0. The molecule has 0 spiro atoms. The summed E-state index contributed by atoms with van der Waals surface area (Å²) in [5.41, 5.74) is 7.11. The van der Waals surface area contributed by atoms with Gasteiger partial charge < -0.3 is 5.73 Å². The predicted molar refractivity (Wildman–Crippen MR) is 62.2 cm³/mol. The van der Waals surface area contributed by atoms with Gasteiger partial charge in [-0.2, -0.15) is 0 Å². The highest BCUT2D eigenvalue weighted by Crippen LogP contribution is 2.22. The topological polar surface area (TPSA) is 69.2 Å². The molecule has 15 heavy (non-hydrogen) atoms. The lowest BCUT2D eigenvalue weighted by molar-refractivity contribution is -0.385. The minimum Gasteiger partial charge on any atom is -0.321 e. The van der Waals surface area contributed by atoms with E-state index in [1.54, 1.807) is 25.1 Å². The van der Waals surface area contributed by atoms with E-state index in [1.165, 1.54) is 6.07 Å². The van der Waals surface area contributed by atoms with Crippen molar-refractivity contribution in [2.24, 2.45) is 5.73 Å². The maximum atomic E-state index is 10.6. The highest BCUT2D eigenvalue weighted by molar-refractivity contribution is 5.85. The molecule has 0 heterocycles. The summed E-state index contributed by atoms with van der Waals surface area (Å²) in [5.74, 6) is 0. The van der Waals surface area contributed by atoms with Crippen molar-refractivity contribution in [1.82, 2.24) is 0 Å². The molecule has 0 aliphatic heterocycles. The molecule has 1 aromatic carbocycles. The smallest absolute Gasteiger partial charge is 0.272 e. The van der Waals surface area contributed by atoms with Gasteiger partial charge in [0, 0.05) is 17.7 Å². The van der Waals surface area contributed by atoms with Crippen molar-refractivity contribution in [2.45, 2.75) is 13.0 Å². The number of benzene rings is 1. The molecule has 2 N–H and O–H groups in total. The van der Waals surface area contributed by atoms with Crippen LogP contribution < -0.4 is 5.73 Å². The van der Waals surface area contributed by atoms with Crippen molar-refractivity contribution in [1.29, 1.82) is 0 Å². The van der Waals surface area contributed by atoms with E-state index in [-0.39, 0.29) is 24.1 Å². The number of nitro groups is 1. The Bertz CT molecular complexity index is 380. The van der Waals surface area contributed by atoms with Crippen LogP contribution in [0.4, 0.5) is 5.69 Å². The molecule has 4 nitrogen and oxygen atoms in total. The summed E-state index contributed by atoms with van der Waals surface area (Å²) in [5, 5.41) is 10.6. The van der Waals surface area contributed by atoms with Crippen LogP contribution in [0.5, 0.6) is 0 Å². The Morgan fingerprint density at radius 1 is 1.60 bits per heavy atom. The average molecular weight is 229 g/mol. The van der Waals surface area contributed by atoms with Gasteiger partial charge in [-0.3, -0.25) is 10.1 Å². The van der Waals surface area contributed by atoms with Crippen LogP contribution in [-0.4, -0.2) is 4.92 Å². The molecule has 0 aromatic heterocycles. The van der Waals surface area contributed by atoms with Crippen LogP contribution in [-0.2, 0) is 0 Å². The molecular weight excluding hydrogens is 216 g/mol. The third kappa shape index (κ3) is 3.04. The SMILES string of the molecule is C=C[C@@H](N)c1ccc(C)c([N+](=O)[O-])c1.Cl. The summed E-state index contributed by atoms with van der Waals surface area (Å²) >= 11 is 0. The third-order valence-corrected chi connectivity index (χ3v) is 2.07. The number of nitrogens with two attached hydrogens (primary N) is 1. The first kappa shape index (κ1) is 13.6. The van der Waals surface area contributed by atoms with Crippen molar-refractivity contribution in [3.8, 4) is 0 Å². The summed E-state index contributed by atoms with van der Waals surface area (Å²) in [6, 6.07) is 4.60. The second-order valence-electron chi connectivity index (χ2n) is 3.06. The molecule has 0 unspecified atom stereocenters. The first-order valence-electron chi connectivity index (χ1n) is 4.19. The van der Waals surface area contributed by atoms with Crippen molar-refractivity contribution >= 4 is 18.1 Å². The van der Waals surface area contributed by atoms with Crippen LogP contribution in [0.3, 0.4) is 0 Å². The number of hydrogen-bond donors (Lipinski definition) is 1. The van der Waals surface area contributed by atoms with Gasteiger partial charge in [0.05, 0.1) is 4.92 Å². The first-order valence-corrected chi connectivity index (χ1v) is 4.19. The quantitative estimate of drug-likeness (QED) is 0.491. The van der Waals surface area contributed by atoms with Crippen molar-refractivity contribution in [3.05, 3.63) is 52.1 Å². The number of nitro benzene ring substituents is 1.